The van der Waals surface area contributed by atoms with Crippen molar-refractivity contribution in [2.75, 3.05) is 18.4 Å². The first-order valence-electron chi connectivity index (χ1n) is 15.8. The van der Waals surface area contributed by atoms with Crippen LogP contribution >= 0.6 is 0 Å². The van der Waals surface area contributed by atoms with Gasteiger partial charge in [0.1, 0.15) is 17.1 Å². The summed E-state index contributed by atoms with van der Waals surface area (Å²) in [5.41, 5.74) is 2.84. The zero-order chi connectivity index (χ0) is 31.7. The lowest BCUT2D eigenvalue weighted by atomic mass is 9.96. The van der Waals surface area contributed by atoms with Gasteiger partial charge < -0.3 is 19.7 Å². The Morgan fingerprint density at radius 3 is 2.62 bits per heavy atom. The first-order valence-corrected chi connectivity index (χ1v) is 15.8. The second-order valence-corrected chi connectivity index (χ2v) is 13.3. The number of rotatable bonds is 8. The summed E-state index contributed by atoms with van der Waals surface area (Å²) in [6.45, 7) is 10.9. The zero-order valence-electron chi connectivity index (χ0n) is 26.7. The number of anilines is 1. The van der Waals surface area contributed by atoms with Crippen molar-refractivity contribution in [3.8, 4) is 22.9 Å². The third-order valence-corrected chi connectivity index (χ3v) is 8.49. The van der Waals surface area contributed by atoms with Crippen molar-refractivity contribution >= 4 is 28.6 Å². The Kier molecular flexibility index (Phi) is 8.44. The van der Waals surface area contributed by atoms with Crippen molar-refractivity contribution in [2.45, 2.75) is 71.9 Å². The number of hydrogen-bond acceptors (Lipinski definition) is 8. The number of ether oxygens (including phenoxy) is 2. The molecule has 1 saturated heterocycles. The third-order valence-electron chi connectivity index (χ3n) is 8.49. The van der Waals surface area contributed by atoms with E-state index < -0.39 is 5.60 Å². The molecule has 234 valence electrons. The molecule has 3 atom stereocenters. The van der Waals surface area contributed by atoms with Gasteiger partial charge in [0.15, 0.2) is 0 Å². The van der Waals surface area contributed by atoms with Crippen molar-refractivity contribution in [1.29, 1.82) is 0 Å². The molecule has 2 aromatic heterocycles. The van der Waals surface area contributed by atoms with E-state index in [0.29, 0.717) is 54.5 Å². The Morgan fingerprint density at radius 1 is 1.02 bits per heavy atom. The molecular weight excluding hydrogens is 566 g/mol. The molecular formula is C36H41N5O4. The number of pyridine rings is 1. The van der Waals surface area contributed by atoms with Crippen LogP contribution < -0.4 is 10.1 Å². The lowest BCUT2D eigenvalue weighted by Gasteiger charge is -2.34. The van der Waals surface area contributed by atoms with E-state index in [4.69, 9.17) is 14.5 Å². The number of hydrogen-bond donors (Lipinski definition) is 1. The number of fused-ring (bicyclic) bond motifs is 1. The lowest BCUT2D eigenvalue weighted by molar-refractivity contribution is -0.119. The molecule has 0 spiro atoms. The lowest BCUT2D eigenvalue weighted by Crippen LogP contribution is -2.47. The van der Waals surface area contributed by atoms with Crippen LogP contribution in [-0.2, 0) is 16.0 Å². The fourth-order valence-electron chi connectivity index (χ4n) is 6.00. The maximum atomic E-state index is 12.8. The van der Waals surface area contributed by atoms with Crippen LogP contribution in [-0.4, -0.2) is 56.5 Å². The first kappa shape index (κ1) is 30.5. The summed E-state index contributed by atoms with van der Waals surface area (Å²) < 4.78 is 12.2. The summed E-state index contributed by atoms with van der Waals surface area (Å²) in [5.74, 6) is 2.59. The molecule has 4 aromatic rings. The van der Waals surface area contributed by atoms with E-state index in [-0.39, 0.29) is 18.1 Å². The van der Waals surface area contributed by atoms with Gasteiger partial charge in [0.05, 0.1) is 11.3 Å². The number of amides is 1. The highest BCUT2D eigenvalue weighted by molar-refractivity contribution is 5.96. The van der Waals surface area contributed by atoms with Crippen LogP contribution in [0.15, 0.2) is 60.9 Å². The van der Waals surface area contributed by atoms with Gasteiger partial charge in [-0.2, -0.15) is 0 Å². The smallest absolute Gasteiger partial charge is 0.410 e. The second-order valence-electron chi connectivity index (χ2n) is 13.3. The van der Waals surface area contributed by atoms with Gasteiger partial charge in [-0.25, -0.2) is 19.7 Å². The molecule has 9 heteroatoms. The normalized spacial score (nSPS) is 19.7. The largest absolute Gasteiger partial charge is 0.444 e. The summed E-state index contributed by atoms with van der Waals surface area (Å²) >= 11 is 0. The van der Waals surface area contributed by atoms with Gasteiger partial charge in [-0.1, -0.05) is 37.3 Å². The Bertz CT molecular complexity index is 1730. The summed E-state index contributed by atoms with van der Waals surface area (Å²) in [4.78, 5) is 41.1. The number of aromatic nitrogens is 3. The van der Waals surface area contributed by atoms with Gasteiger partial charge in [-0.05, 0) is 87.6 Å². The standard InChI is InChI=1S/C36H41N5O4/c1-22-13-14-26-24(20-31(42)29-19-23(29)2)9-6-11-27(26)32(22)44-33-28(12-7-16-37-33)30-15-17-38-34(40-30)39-25-10-8-18-41(21-25)35(43)45-36(3,4)5/h6-7,9,11-17,23,25,29H,8,10,18-21H2,1-5H3,(H,38,39,40)/t23?,25-,29?/m0/s1. The van der Waals surface area contributed by atoms with Crippen molar-refractivity contribution < 1.29 is 19.1 Å². The SMILES string of the molecule is Cc1ccc2c(CC(=O)C3CC3C)cccc2c1Oc1ncccc1-c1ccnc(N[C@H]2CCCN(C(=O)OC(C)(C)C)C2)n1. The first-order chi connectivity index (χ1) is 21.6. The van der Waals surface area contributed by atoms with Gasteiger partial charge in [0.2, 0.25) is 11.8 Å². The molecule has 1 aliphatic heterocycles. The number of nitrogens with zero attached hydrogens (tertiary/aromatic N) is 4. The van der Waals surface area contributed by atoms with Gasteiger partial charge in [0.25, 0.3) is 0 Å². The van der Waals surface area contributed by atoms with E-state index in [1.165, 1.54) is 0 Å². The molecule has 0 bridgehead atoms. The molecule has 1 aliphatic carbocycles. The molecule has 2 unspecified atom stereocenters. The van der Waals surface area contributed by atoms with E-state index >= 15 is 0 Å². The number of nitrogens with one attached hydrogen (secondary N) is 1. The number of benzene rings is 2. The van der Waals surface area contributed by atoms with E-state index in [0.717, 1.165) is 46.7 Å². The maximum absolute atomic E-state index is 12.8. The van der Waals surface area contributed by atoms with Gasteiger partial charge >= 0.3 is 6.09 Å². The number of carbonyl (C=O) groups is 2. The minimum atomic E-state index is -0.542. The van der Waals surface area contributed by atoms with Crippen molar-refractivity contribution in [3.63, 3.8) is 0 Å². The second kappa shape index (κ2) is 12.5. The topological polar surface area (TPSA) is 107 Å². The zero-order valence-corrected chi connectivity index (χ0v) is 26.7. The fraction of sp³-hybridized carbons (Fsp3) is 0.417. The predicted octanol–water partition coefficient (Wildman–Crippen LogP) is 7.37. The van der Waals surface area contributed by atoms with Crippen molar-refractivity contribution in [1.82, 2.24) is 19.9 Å². The molecule has 1 saturated carbocycles. The van der Waals surface area contributed by atoms with E-state index in [9.17, 15) is 9.59 Å². The highest BCUT2D eigenvalue weighted by atomic mass is 16.6. The molecule has 3 heterocycles. The Balaban J connectivity index is 1.23. The molecule has 0 radical (unpaired) electrons. The number of ketones is 1. The van der Waals surface area contributed by atoms with Crippen molar-refractivity contribution in [3.05, 3.63) is 72.1 Å². The van der Waals surface area contributed by atoms with Gasteiger partial charge in [0, 0.05) is 49.2 Å². The number of likely N-dealkylation sites (tertiary alicyclic amines) is 1. The van der Waals surface area contributed by atoms with Crippen molar-refractivity contribution in [2.24, 2.45) is 11.8 Å². The molecule has 1 N–H and O–H groups in total. The minimum absolute atomic E-state index is 0.00586. The average Bonchev–Trinajstić information content (AvgIpc) is 3.75. The van der Waals surface area contributed by atoms with Gasteiger partial charge in [-0.3, -0.25) is 4.79 Å². The summed E-state index contributed by atoms with van der Waals surface area (Å²) in [6, 6.07) is 15.8. The highest BCUT2D eigenvalue weighted by Crippen LogP contribution is 2.41. The number of Topliss-reactive ketones (excluding diaryl/α,β-unsaturated/α-hetero) is 1. The van der Waals surface area contributed by atoms with Crippen LogP contribution in [0.25, 0.3) is 22.0 Å². The third kappa shape index (κ3) is 7.08. The molecule has 2 aliphatic rings. The van der Waals surface area contributed by atoms with Crippen LogP contribution in [0.4, 0.5) is 10.7 Å². The van der Waals surface area contributed by atoms with E-state index in [2.05, 4.69) is 28.3 Å². The van der Waals surface area contributed by atoms with Crippen LogP contribution in [0, 0.1) is 18.8 Å². The Labute approximate surface area is 264 Å². The summed E-state index contributed by atoms with van der Waals surface area (Å²) in [6.07, 6.45) is 6.28. The maximum Gasteiger partial charge on any atom is 0.410 e. The quantitative estimate of drug-likeness (QED) is 0.221. The monoisotopic (exact) mass is 607 g/mol. The molecule has 6 rings (SSSR count). The molecule has 9 nitrogen and oxygen atoms in total. The minimum Gasteiger partial charge on any atom is -0.444 e. The Hall–Kier alpha value is -4.53. The predicted molar refractivity (Wildman–Crippen MR) is 174 cm³/mol. The van der Waals surface area contributed by atoms with E-state index in [1.54, 1.807) is 17.3 Å². The molecule has 45 heavy (non-hydrogen) atoms. The average molecular weight is 608 g/mol. The number of aryl methyl sites for hydroxylation is 1. The van der Waals surface area contributed by atoms with Crippen LogP contribution in [0.1, 0.15) is 58.1 Å². The summed E-state index contributed by atoms with van der Waals surface area (Å²) in [5, 5.41) is 5.37. The number of carbonyl (C=O) groups excluding carboxylic acids is 2. The molecule has 2 fully saturated rings. The van der Waals surface area contributed by atoms with Crippen LogP contribution in [0.2, 0.25) is 0 Å². The van der Waals surface area contributed by atoms with Gasteiger partial charge in [-0.15, -0.1) is 0 Å². The molecule has 1 amide bonds. The van der Waals surface area contributed by atoms with Crippen LogP contribution in [0.5, 0.6) is 11.6 Å². The fourth-order valence-corrected chi connectivity index (χ4v) is 6.00. The Morgan fingerprint density at radius 2 is 1.84 bits per heavy atom. The molecule has 2 aromatic carbocycles. The van der Waals surface area contributed by atoms with E-state index in [1.807, 2.05) is 70.2 Å². The number of piperidine rings is 1. The summed E-state index contributed by atoms with van der Waals surface area (Å²) in [7, 11) is 0. The van der Waals surface area contributed by atoms with Crippen LogP contribution in [0.3, 0.4) is 0 Å². The highest BCUT2D eigenvalue weighted by Gasteiger charge is 2.38.